The van der Waals surface area contributed by atoms with Gasteiger partial charge in [0.25, 0.3) is 0 Å². The third kappa shape index (κ3) is 2.56. The molecule has 18 heavy (non-hydrogen) atoms. The molecular formula is C11H14N4O2S. The van der Waals surface area contributed by atoms with E-state index in [4.69, 9.17) is 4.74 Å². The molecule has 2 rings (SSSR count). The topological polar surface area (TPSA) is 69.9 Å². The molecule has 0 aromatic carbocycles. The summed E-state index contributed by atoms with van der Waals surface area (Å²) in [5.74, 6) is -0.434. The number of hydrogen-bond acceptors (Lipinski definition) is 6. The van der Waals surface area contributed by atoms with E-state index in [2.05, 4.69) is 15.3 Å². The van der Waals surface area contributed by atoms with Crippen LogP contribution in [0.2, 0.25) is 0 Å². The van der Waals surface area contributed by atoms with Gasteiger partial charge in [0, 0.05) is 11.1 Å². The largest absolute Gasteiger partial charge is 0.461 e. The van der Waals surface area contributed by atoms with E-state index in [9.17, 15) is 4.79 Å². The molecule has 0 unspecified atom stereocenters. The Morgan fingerprint density at radius 2 is 2.28 bits per heavy atom. The first-order valence-electron chi connectivity index (χ1n) is 5.60. The zero-order valence-corrected chi connectivity index (χ0v) is 11.3. The van der Waals surface area contributed by atoms with Crippen LogP contribution in [0.15, 0.2) is 5.38 Å². The highest BCUT2D eigenvalue weighted by Gasteiger charge is 2.17. The highest BCUT2D eigenvalue weighted by Crippen LogP contribution is 2.12. The quantitative estimate of drug-likeness (QED) is 0.786. The fraction of sp³-hybridized carbons (Fsp3) is 0.455. The van der Waals surface area contributed by atoms with Gasteiger partial charge in [0.2, 0.25) is 0 Å². The van der Waals surface area contributed by atoms with Crippen molar-refractivity contribution in [2.24, 2.45) is 0 Å². The van der Waals surface area contributed by atoms with Crippen molar-refractivity contribution < 1.29 is 9.53 Å². The van der Waals surface area contributed by atoms with Gasteiger partial charge in [-0.15, -0.1) is 16.4 Å². The van der Waals surface area contributed by atoms with Gasteiger partial charge < -0.3 is 4.74 Å². The predicted molar refractivity (Wildman–Crippen MR) is 66.7 cm³/mol. The second kappa shape index (κ2) is 5.26. The number of rotatable bonds is 4. The van der Waals surface area contributed by atoms with Gasteiger partial charge in [0.15, 0.2) is 5.69 Å². The summed E-state index contributed by atoms with van der Waals surface area (Å²) < 4.78 is 6.57. The van der Waals surface area contributed by atoms with Crippen molar-refractivity contribution in [2.45, 2.75) is 27.3 Å². The summed E-state index contributed by atoms with van der Waals surface area (Å²) in [6.45, 7) is 6.36. The molecule has 96 valence electrons. The Balaban J connectivity index is 2.18. The third-order valence-electron chi connectivity index (χ3n) is 2.40. The van der Waals surface area contributed by atoms with Crippen LogP contribution in [0.25, 0.3) is 0 Å². The van der Waals surface area contributed by atoms with Gasteiger partial charge >= 0.3 is 5.97 Å². The van der Waals surface area contributed by atoms with E-state index in [1.54, 1.807) is 29.9 Å². The Kier molecular flexibility index (Phi) is 3.71. The van der Waals surface area contributed by atoms with Crippen molar-refractivity contribution in [2.75, 3.05) is 6.61 Å². The molecule has 0 aliphatic carbocycles. The molecule has 0 saturated carbocycles. The van der Waals surface area contributed by atoms with E-state index in [0.29, 0.717) is 18.8 Å². The summed E-state index contributed by atoms with van der Waals surface area (Å²) >= 11 is 1.57. The number of thiazole rings is 1. The Labute approximate surface area is 109 Å². The minimum atomic E-state index is -0.434. The fourth-order valence-electron chi connectivity index (χ4n) is 1.50. The molecule has 0 N–H and O–H groups in total. The van der Waals surface area contributed by atoms with Gasteiger partial charge in [-0.25, -0.2) is 14.5 Å². The van der Waals surface area contributed by atoms with Crippen molar-refractivity contribution in [1.82, 2.24) is 20.0 Å². The minimum absolute atomic E-state index is 0.269. The second-order valence-corrected chi connectivity index (χ2v) is 4.73. The molecule has 0 saturated heterocycles. The number of hydrogen-bond donors (Lipinski definition) is 0. The van der Waals surface area contributed by atoms with Gasteiger partial charge in [0.05, 0.1) is 18.8 Å². The number of carbonyl (C=O) groups is 1. The van der Waals surface area contributed by atoms with Gasteiger partial charge in [-0.1, -0.05) is 5.21 Å². The minimum Gasteiger partial charge on any atom is -0.461 e. The maximum absolute atomic E-state index is 11.6. The number of esters is 1. The molecule has 0 fully saturated rings. The van der Waals surface area contributed by atoms with Gasteiger partial charge in [0.1, 0.15) is 5.01 Å². The fourth-order valence-corrected chi connectivity index (χ4v) is 2.25. The smallest absolute Gasteiger partial charge is 0.360 e. The van der Waals surface area contributed by atoms with Crippen LogP contribution in [-0.4, -0.2) is 32.6 Å². The van der Waals surface area contributed by atoms with E-state index < -0.39 is 5.97 Å². The average molecular weight is 266 g/mol. The first-order chi connectivity index (χ1) is 8.61. The summed E-state index contributed by atoms with van der Waals surface area (Å²) in [5, 5.41) is 10.7. The van der Waals surface area contributed by atoms with Crippen molar-refractivity contribution in [1.29, 1.82) is 0 Å². The molecule has 2 aromatic heterocycles. The maximum Gasteiger partial charge on any atom is 0.360 e. The van der Waals surface area contributed by atoms with Crippen molar-refractivity contribution in [3.8, 4) is 0 Å². The van der Waals surface area contributed by atoms with Gasteiger partial charge in [-0.05, 0) is 20.8 Å². The molecule has 2 heterocycles. The summed E-state index contributed by atoms with van der Waals surface area (Å²) in [7, 11) is 0. The van der Waals surface area contributed by atoms with Crippen LogP contribution in [-0.2, 0) is 11.3 Å². The van der Waals surface area contributed by atoms with Crippen LogP contribution in [0.1, 0.15) is 33.8 Å². The number of carbonyl (C=O) groups excluding carboxylic acids is 1. The summed E-state index contributed by atoms with van der Waals surface area (Å²) in [6.07, 6.45) is 0. The number of aryl methyl sites for hydroxylation is 1. The molecular weight excluding hydrogens is 252 g/mol. The molecule has 0 bridgehead atoms. The van der Waals surface area contributed by atoms with Crippen molar-refractivity contribution in [3.05, 3.63) is 27.5 Å². The lowest BCUT2D eigenvalue weighted by Gasteiger charge is -2.01. The molecule has 0 radical (unpaired) electrons. The molecule has 7 heteroatoms. The van der Waals surface area contributed by atoms with Gasteiger partial charge in [-0.3, -0.25) is 0 Å². The summed E-state index contributed by atoms with van der Waals surface area (Å²) in [5.41, 5.74) is 1.95. The SMILES string of the molecule is CCOC(=O)c1nnn(Cc2nc(C)cs2)c1C. The van der Waals surface area contributed by atoms with E-state index >= 15 is 0 Å². The molecule has 0 amide bonds. The van der Waals surface area contributed by atoms with Crippen LogP contribution in [0, 0.1) is 13.8 Å². The van der Waals surface area contributed by atoms with E-state index in [0.717, 1.165) is 10.7 Å². The van der Waals surface area contributed by atoms with E-state index in [1.165, 1.54) is 0 Å². The Morgan fingerprint density at radius 1 is 1.50 bits per heavy atom. The molecule has 0 aliphatic heterocycles. The first-order valence-corrected chi connectivity index (χ1v) is 6.48. The lowest BCUT2D eigenvalue weighted by Crippen LogP contribution is -2.08. The monoisotopic (exact) mass is 266 g/mol. The molecule has 0 aliphatic rings. The Hall–Kier alpha value is -1.76. The van der Waals surface area contributed by atoms with Crippen LogP contribution in [0.5, 0.6) is 0 Å². The zero-order valence-electron chi connectivity index (χ0n) is 10.5. The second-order valence-electron chi connectivity index (χ2n) is 3.78. The van der Waals surface area contributed by atoms with Crippen LogP contribution in [0.3, 0.4) is 0 Å². The first kappa shape index (κ1) is 12.7. The third-order valence-corrected chi connectivity index (χ3v) is 3.35. The van der Waals surface area contributed by atoms with Crippen LogP contribution >= 0.6 is 11.3 Å². The van der Waals surface area contributed by atoms with Crippen molar-refractivity contribution >= 4 is 17.3 Å². The Bertz CT molecular complexity index is 561. The maximum atomic E-state index is 11.6. The van der Waals surface area contributed by atoms with E-state index in [-0.39, 0.29) is 5.69 Å². The zero-order chi connectivity index (χ0) is 13.1. The van der Waals surface area contributed by atoms with Gasteiger partial charge in [-0.2, -0.15) is 0 Å². The summed E-state index contributed by atoms with van der Waals surface area (Å²) in [6, 6.07) is 0. The standard InChI is InChI=1S/C11H14N4O2S/c1-4-17-11(16)10-8(3)15(14-13-10)5-9-12-7(2)6-18-9/h6H,4-5H2,1-3H3. The average Bonchev–Trinajstić information content (AvgIpc) is 2.88. The van der Waals surface area contributed by atoms with Crippen molar-refractivity contribution in [3.63, 3.8) is 0 Å². The summed E-state index contributed by atoms with van der Waals surface area (Å²) in [4.78, 5) is 15.9. The lowest BCUT2D eigenvalue weighted by molar-refractivity contribution is 0.0518. The molecule has 2 aromatic rings. The number of nitrogens with zero attached hydrogens (tertiary/aromatic N) is 4. The lowest BCUT2D eigenvalue weighted by atomic mass is 10.3. The molecule has 0 spiro atoms. The van der Waals surface area contributed by atoms with E-state index in [1.807, 2.05) is 12.3 Å². The number of ether oxygens (including phenoxy) is 1. The normalized spacial score (nSPS) is 10.6. The predicted octanol–water partition coefficient (Wildman–Crippen LogP) is 1.58. The molecule has 0 atom stereocenters. The number of aromatic nitrogens is 4. The Morgan fingerprint density at radius 3 is 2.89 bits per heavy atom. The molecule has 6 nitrogen and oxygen atoms in total. The highest BCUT2D eigenvalue weighted by atomic mass is 32.1. The highest BCUT2D eigenvalue weighted by molar-refractivity contribution is 7.09. The van der Waals surface area contributed by atoms with Crippen LogP contribution < -0.4 is 0 Å². The van der Waals surface area contributed by atoms with Crippen LogP contribution in [0.4, 0.5) is 0 Å².